The van der Waals surface area contributed by atoms with Gasteiger partial charge in [0.2, 0.25) is 0 Å². The van der Waals surface area contributed by atoms with Crippen LogP contribution >= 0.6 is 0 Å². The fourth-order valence-corrected chi connectivity index (χ4v) is 6.37. The number of carbonyl (C=O) groups is 6. The Hall–Kier alpha value is -4.74. The zero-order valence-electron chi connectivity index (χ0n) is 33.0. The van der Waals surface area contributed by atoms with E-state index >= 15 is 0 Å². The molecule has 3 rings (SSSR count). The molecule has 1 heterocycles. The Morgan fingerprint density at radius 3 is 1.06 bits per heavy atom. The van der Waals surface area contributed by atoms with Crippen LogP contribution in [-0.2, 0) is 55.8 Å². The average molecular weight is 736 g/mol. The maximum absolute atomic E-state index is 14.3. The van der Waals surface area contributed by atoms with Crippen molar-refractivity contribution in [2.24, 2.45) is 23.7 Å². The molecular weight excluding hydrogens is 678 g/mol. The molecule has 0 bridgehead atoms. The summed E-state index contributed by atoms with van der Waals surface area (Å²) in [5.74, 6) is -6.49. The van der Waals surface area contributed by atoms with Gasteiger partial charge < -0.3 is 28.9 Å². The molecule has 1 aliphatic rings. The van der Waals surface area contributed by atoms with E-state index in [1.54, 1.807) is 104 Å². The van der Waals surface area contributed by atoms with Gasteiger partial charge in [0.15, 0.2) is 18.3 Å². The molecule has 1 aliphatic heterocycles. The van der Waals surface area contributed by atoms with Crippen LogP contribution in [0.1, 0.15) is 66.5 Å². The van der Waals surface area contributed by atoms with Gasteiger partial charge in [-0.15, -0.1) is 0 Å². The molecule has 0 unspecified atom stereocenters. The number of likely N-dealkylation sites (N-methyl/N-ethyl adjacent to an activating group) is 3. The Balaban J connectivity index is 2.23. The number of nitrogens with zero attached hydrogens (tertiary/aromatic N) is 3. The van der Waals surface area contributed by atoms with E-state index in [2.05, 4.69) is 0 Å². The molecule has 0 aromatic heterocycles. The summed E-state index contributed by atoms with van der Waals surface area (Å²) < 4.78 is 17.9. The predicted octanol–water partition coefficient (Wildman–Crippen LogP) is 4.33. The molecule has 1 fully saturated rings. The van der Waals surface area contributed by atoms with Gasteiger partial charge in [0.1, 0.15) is 18.1 Å². The minimum atomic E-state index is -1.35. The van der Waals surface area contributed by atoms with Crippen molar-refractivity contribution < 1.29 is 43.0 Å². The van der Waals surface area contributed by atoms with E-state index in [0.29, 0.717) is 0 Å². The first kappa shape index (κ1) is 42.7. The fourth-order valence-electron chi connectivity index (χ4n) is 6.37. The standard InChI is InChI=1S/C41H57N3O9/c1-24(2)32-41(50)53-34(26(5)6)37(46)43(10)30(22-28-18-14-12-15-19-28)39(48)51-33(25(3)4)36(45)42(9)31(23-29-20-16-13-17-21-29)40(49)52-35(27(7)8)38(47)44(32)11/h12-21,24-27,30-35H,22-23H2,1-11H3/t30-,31-,32-,33+,34+,35+/m0/s1. The summed E-state index contributed by atoms with van der Waals surface area (Å²) in [7, 11) is 4.31. The highest BCUT2D eigenvalue weighted by atomic mass is 16.6. The monoisotopic (exact) mass is 735 g/mol. The summed E-state index contributed by atoms with van der Waals surface area (Å²) in [6, 6.07) is 14.5. The quantitative estimate of drug-likeness (QED) is 0.287. The molecule has 0 spiro atoms. The third-order valence-corrected chi connectivity index (χ3v) is 9.63. The summed E-state index contributed by atoms with van der Waals surface area (Å²) in [4.78, 5) is 88.7. The van der Waals surface area contributed by atoms with Gasteiger partial charge >= 0.3 is 17.9 Å². The first-order valence-corrected chi connectivity index (χ1v) is 18.4. The van der Waals surface area contributed by atoms with Crippen LogP contribution < -0.4 is 0 Å². The van der Waals surface area contributed by atoms with Crippen molar-refractivity contribution >= 4 is 35.6 Å². The van der Waals surface area contributed by atoms with Crippen LogP contribution in [0, 0.1) is 23.7 Å². The van der Waals surface area contributed by atoms with Crippen LogP contribution in [0.25, 0.3) is 0 Å². The van der Waals surface area contributed by atoms with E-state index in [1.165, 1.54) is 35.8 Å². The second kappa shape index (κ2) is 18.8. The highest BCUT2D eigenvalue weighted by molar-refractivity contribution is 5.94. The number of hydrogen-bond donors (Lipinski definition) is 0. The second-order valence-electron chi connectivity index (χ2n) is 15.3. The van der Waals surface area contributed by atoms with Crippen LogP contribution in [0.4, 0.5) is 0 Å². The zero-order valence-corrected chi connectivity index (χ0v) is 33.0. The van der Waals surface area contributed by atoms with Crippen molar-refractivity contribution in [2.75, 3.05) is 21.1 Å². The molecule has 1 saturated heterocycles. The number of rotatable bonds is 8. The maximum Gasteiger partial charge on any atom is 0.329 e. The van der Waals surface area contributed by atoms with Crippen LogP contribution in [0.5, 0.6) is 0 Å². The number of amides is 3. The molecule has 12 nitrogen and oxygen atoms in total. The van der Waals surface area contributed by atoms with Gasteiger partial charge in [-0.05, 0) is 34.8 Å². The number of esters is 3. The molecule has 0 N–H and O–H groups in total. The van der Waals surface area contributed by atoms with Crippen molar-refractivity contribution in [3.8, 4) is 0 Å². The molecule has 2 aromatic rings. The molecule has 0 saturated carbocycles. The molecule has 290 valence electrons. The average Bonchev–Trinajstić information content (AvgIpc) is 3.11. The fraction of sp³-hybridized carbons (Fsp3) is 0.561. The van der Waals surface area contributed by atoms with Gasteiger partial charge in [0, 0.05) is 34.0 Å². The first-order chi connectivity index (χ1) is 24.9. The smallest absolute Gasteiger partial charge is 0.329 e. The van der Waals surface area contributed by atoms with Gasteiger partial charge in [-0.3, -0.25) is 14.4 Å². The summed E-state index contributed by atoms with van der Waals surface area (Å²) in [5, 5.41) is 0. The van der Waals surface area contributed by atoms with Crippen molar-refractivity contribution in [3.05, 3.63) is 71.8 Å². The second-order valence-corrected chi connectivity index (χ2v) is 15.3. The lowest BCUT2D eigenvalue weighted by atomic mass is 9.98. The minimum absolute atomic E-state index is 0.0426. The third kappa shape index (κ3) is 10.7. The number of ether oxygens (including phenoxy) is 3. The van der Waals surface area contributed by atoms with Crippen molar-refractivity contribution in [3.63, 3.8) is 0 Å². The largest absolute Gasteiger partial charge is 0.450 e. The Morgan fingerprint density at radius 1 is 0.453 bits per heavy atom. The highest BCUT2D eigenvalue weighted by Gasteiger charge is 2.44. The van der Waals surface area contributed by atoms with Gasteiger partial charge in [-0.2, -0.15) is 0 Å². The minimum Gasteiger partial charge on any atom is -0.450 e. The van der Waals surface area contributed by atoms with Crippen molar-refractivity contribution in [1.29, 1.82) is 0 Å². The lowest BCUT2D eigenvalue weighted by Crippen LogP contribution is -2.57. The Morgan fingerprint density at radius 2 is 0.755 bits per heavy atom. The number of benzene rings is 2. The van der Waals surface area contributed by atoms with Gasteiger partial charge in [0.05, 0.1) is 0 Å². The number of hydrogen-bond acceptors (Lipinski definition) is 9. The Bertz CT molecular complexity index is 1530. The van der Waals surface area contributed by atoms with Crippen molar-refractivity contribution in [1.82, 2.24) is 14.7 Å². The van der Waals surface area contributed by atoms with Gasteiger partial charge in [-0.1, -0.05) is 116 Å². The summed E-state index contributed by atoms with van der Waals surface area (Å²) >= 11 is 0. The van der Waals surface area contributed by atoms with Crippen LogP contribution in [0.15, 0.2) is 60.7 Å². The molecule has 2 aromatic carbocycles. The maximum atomic E-state index is 14.3. The SMILES string of the molecule is CC(C)[C@H]1C(=O)O[C@H](C(C)C)C(=O)N(C)[C@@H](Cc2ccccc2)C(=O)O[C@H](C(C)C)C(=O)N(C)[C@@H](Cc2ccccc2)C(=O)O[C@H](C(C)C)C(=O)N1C. The van der Waals surface area contributed by atoms with E-state index in [4.69, 9.17) is 14.2 Å². The highest BCUT2D eigenvalue weighted by Crippen LogP contribution is 2.24. The topological polar surface area (TPSA) is 140 Å². The predicted molar refractivity (Wildman–Crippen MR) is 199 cm³/mol. The van der Waals surface area contributed by atoms with Gasteiger partial charge in [-0.25, -0.2) is 14.4 Å². The van der Waals surface area contributed by atoms with E-state index in [1.807, 2.05) is 12.1 Å². The Kier molecular flexibility index (Phi) is 15.2. The Labute approximate surface area is 314 Å². The first-order valence-electron chi connectivity index (χ1n) is 18.4. The van der Waals surface area contributed by atoms with E-state index in [0.717, 1.165) is 11.1 Å². The molecule has 6 atom stereocenters. The van der Waals surface area contributed by atoms with Crippen LogP contribution in [-0.4, -0.2) is 108 Å². The third-order valence-electron chi connectivity index (χ3n) is 9.63. The lowest BCUT2D eigenvalue weighted by molar-refractivity contribution is -0.180. The van der Waals surface area contributed by atoms with E-state index < -0.39 is 95.7 Å². The summed E-state index contributed by atoms with van der Waals surface area (Å²) in [5.41, 5.74) is 1.45. The normalized spacial score (nSPS) is 24.8. The molecule has 12 heteroatoms. The van der Waals surface area contributed by atoms with Gasteiger partial charge in [0.25, 0.3) is 17.7 Å². The summed E-state index contributed by atoms with van der Waals surface area (Å²) in [6.45, 7) is 13.7. The van der Waals surface area contributed by atoms with Crippen molar-refractivity contribution in [2.45, 2.75) is 105 Å². The van der Waals surface area contributed by atoms with Crippen LogP contribution in [0.3, 0.4) is 0 Å². The van der Waals surface area contributed by atoms with E-state index in [9.17, 15) is 28.8 Å². The molecular formula is C41H57N3O9. The molecule has 0 radical (unpaired) electrons. The molecule has 0 aliphatic carbocycles. The lowest BCUT2D eigenvalue weighted by Gasteiger charge is -2.37. The number of cyclic esters (lactones) is 3. The summed E-state index contributed by atoms with van der Waals surface area (Å²) in [6.07, 6.45) is -3.91. The molecule has 53 heavy (non-hydrogen) atoms. The van der Waals surface area contributed by atoms with E-state index in [-0.39, 0.29) is 12.8 Å². The molecule has 3 amide bonds. The zero-order chi connectivity index (χ0) is 39.7. The van der Waals surface area contributed by atoms with Crippen LogP contribution in [0.2, 0.25) is 0 Å². The number of carbonyl (C=O) groups excluding carboxylic acids is 6.